The van der Waals surface area contributed by atoms with E-state index in [1.165, 1.54) is 16.7 Å². The molecule has 0 unspecified atom stereocenters. The first-order valence-corrected chi connectivity index (χ1v) is 4.45. The zero-order valence-corrected chi connectivity index (χ0v) is 8.41. The minimum absolute atomic E-state index is 1.20. The minimum Gasteiger partial charge on any atom is -0.269 e. The number of allylic oxidation sites excluding steroid dienone is 1. The fraction of sp³-hybridized carbons (Fsp3) is 0.250. The Morgan fingerprint density at radius 3 is 2.77 bits per heavy atom. The summed E-state index contributed by atoms with van der Waals surface area (Å²) in [6, 6.07) is 8.43. The Labute approximate surface area is 79.8 Å². The highest BCUT2D eigenvalue weighted by atomic mass is 14.7. The predicted octanol–water partition coefficient (Wildman–Crippen LogP) is 3.45. The van der Waals surface area contributed by atoms with Crippen LogP contribution in [0.5, 0.6) is 0 Å². The normalized spacial score (nSPS) is 12.4. The fourth-order valence-electron chi connectivity index (χ4n) is 1.15. The van der Waals surface area contributed by atoms with Crippen LogP contribution in [0.25, 0.3) is 5.57 Å². The minimum atomic E-state index is 1.20. The van der Waals surface area contributed by atoms with Crippen molar-refractivity contribution in [3.8, 4) is 0 Å². The van der Waals surface area contributed by atoms with Crippen LogP contribution in [-0.2, 0) is 0 Å². The molecule has 0 aliphatic carbocycles. The van der Waals surface area contributed by atoms with E-state index in [2.05, 4.69) is 43.1 Å². The second-order valence-corrected chi connectivity index (χ2v) is 3.09. The van der Waals surface area contributed by atoms with Crippen molar-refractivity contribution in [3.05, 3.63) is 41.6 Å². The lowest BCUT2D eigenvalue weighted by molar-refractivity contribution is 1.42. The number of rotatable bonds is 2. The van der Waals surface area contributed by atoms with Gasteiger partial charge in [-0.2, -0.15) is 0 Å². The van der Waals surface area contributed by atoms with Gasteiger partial charge in [-0.05, 0) is 31.9 Å². The predicted molar refractivity (Wildman–Crippen MR) is 59.0 cm³/mol. The van der Waals surface area contributed by atoms with E-state index in [0.29, 0.717) is 0 Å². The second-order valence-electron chi connectivity index (χ2n) is 3.09. The summed E-state index contributed by atoms with van der Waals surface area (Å²) in [7, 11) is 0. The number of aryl methyl sites for hydroxylation is 1. The number of benzene rings is 1. The van der Waals surface area contributed by atoms with Crippen molar-refractivity contribution in [2.24, 2.45) is 4.99 Å². The average molecular weight is 173 g/mol. The molecule has 68 valence electrons. The standard InChI is InChI=1S/C12H15N/c1-4-13-9-11(3)12-7-5-6-10(2)8-12/h4-9H,1-3H3/b11-9+,13-4-. The molecule has 1 nitrogen and oxygen atoms in total. The smallest absolute Gasteiger partial charge is 0.0298 e. The van der Waals surface area contributed by atoms with E-state index in [-0.39, 0.29) is 0 Å². The van der Waals surface area contributed by atoms with Crippen molar-refractivity contribution in [3.63, 3.8) is 0 Å². The topological polar surface area (TPSA) is 12.4 Å². The molecule has 0 radical (unpaired) electrons. The Morgan fingerprint density at radius 2 is 2.15 bits per heavy atom. The molecule has 0 atom stereocenters. The van der Waals surface area contributed by atoms with E-state index in [4.69, 9.17) is 0 Å². The summed E-state index contributed by atoms with van der Waals surface area (Å²) in [5.41, 5.74) is 3.72. The van der Waals surface area contributed by atoms with Gasteiger partial charge in [0, 0.05) is 12.4 Å². The molecule has 13 heavy (non-hydrogen) atoms. The summed E-state index contributed by atoms with van der Waals surface area (Å²) >= 11 is 0. The Hall–Kier alpha value is -1.37. The molecule has 0 spiro atoms. The maximum atomic E-state index is 4.09. The van der Waals surface area contributed by atoms with Crippen LogP contribution in [0.3, 0.4) is 0 Å². The first-order chi connectivity index (χ1) is 6.24. The molecule has 0 saturated carbocycles. The molecular formula is C12H15N. The summed E-state index contributed by atoms with van der Waals surface area (Å²) in [5.74, 6) is 0. The van der Waals surface area contributed by atoms with Crippen molar-refractivity contribution in [1.82, 2.24) is 0 Å². The largest absolute Gasteiger partial charge is 0.269 e. The molecular weight excluding hydrogens is 158 g/mol. The van der Waals surface area contributed by atoms with Gasteiger partial charge in [0.2, 0.25) is 0 Å². The lowest BCUT2D eigenvalue weighted by Gasteiger charge is -2.00. The molecule has 0 saturated heterocycles. The van der Waals surface area contributed by atoms with E-state index < -0.39 is 0 Å². The lowest BCUT2D eigenvalue weighted by Crippen LogP contribution is -1.80. The number of hydrogen-bond donors (Lipinski definition) is 0. The van der Waals surface area contributed by atoms with Crippen LogP contribution in [0.15, 0.2) is 35.5 Å². The summed E-state index contributed by atoms with van der Waals surface area (Å²) in [6.07, 6.45) is 3.67. The first-order valence-electron chi connectivity index (χ1n) is 4.45. The zero-order valence-electron chi connectivity index (χ0n) is 8.41. The summed E-state index contributed by atoms with van der Waals surface area (Å²) in [4.78, 5) is 4.09. The van der Waals surface area contributed by atoms with Crippen LogP contribution in [-0.4, -0.2) is 6.21 Å². The molecule has 0 aliphatic rings. The van der Waals surface area contributed by atoms with Gasteiger partial charge in [0.15, 0.2) is 0 Å². The Balaban J connectivity index is 2.94. The Morgan fingerprint density at radius 1 is 1.38 bits per heavy atom. The molecule has 1 rings (SSSR count). The van der Waals surface area contributed by atoms with E-state index in [9.17, 15) is 0 Å². The van der Waals surface area contributed by atoms with Crippen LogP contribution < -0.4 is 0 Å². The van der Waals surface area contributed by atoms with Gasteiger partial charge in [0.25, 0.3) is 0 Å². The maximum absolute atomic E-state index is 4.09. The molecule has 1 aromatic carbocycles. The Bertz CT molecular complexity index is 335. The van der Waals surface area contributed by atoms with Gasteiger partial charge >= 0.3 is 0 Å². The van der Waals surface area contributed by atoms with Gasteiger partial charge in [-0.3, -0.25) is 4.99 Å². The third-order valence-electron chi connectivity index (χ3n) is 1.89. The van der Waals surface area contributed by atoms with E-state index in [0.717, 1.165) is 0 Å². The fourth-order valence-corrected chi connectivity index (χ4v) is 1.15. The highest BCUT2D eigenvalue weighted by Gasteiger charge is 1.93. The van der Waals surface area contributed by atoms with Crippen molar-refractivity contribution >= 4 is 11.8 Å². The molecule has 0 amide bonds. The van der Waals surface area contributed by atoms with E-state index in [1.807, 2.05) is 13.1 Å². The van der Waals surface area contributed by atoms with Crippen LogP contribution in [0.4, 0.5) is 0 Å². The number of hydrogen-bond acceptors (Lipinski definition) is 1. The summed E-state index contributed by atoms with van der Waals surface area (Å²) < 4.78 is 0. The second kappa shape index (κ2) is 4.61. The van der Waals surface area contributed by atoms with Crippen LogP contribution in [0, 0.1) is 6.92 Å². The van der Waals surface area contributed by atoms with Gasteiger partial charge in [-0.15, -0.1) is 0 Å². The highest BCUT2D eigenvalue weighted by Crippen LogP contribution is 2.14. The quantitative estimate of drug-likeness (QED) is 0.607. The van der Waals surface area contributed by atoms with Gasteiger partial charge < -0.3 is 0 Å². The van der Waals surface area contributed by atoms with Crippen LogP contribution in [0.2, 0.25) is 0 Å². The number of nitrogens with zero attached hydrogens (tertiary/aromatic N) is 1. The van der Waals surface area contributed by atoms with Crippen molar-refractivity contribution in [2.75, 3.05) is 0 Å². The maximum Gasteiger partial charge on any atom is 0.0298 e. The third kappa shape index (κ3) is 2.86. The SMILES string of the molecule is C/C=N\C=C(/C)c1cccc(C)c1. The Kier molecular flexibility index (Phi) is 3.44. The lowest BCUT2D eigenvalue weighted by atomic mass is 10.1. The highest BCUT2D eigenvalue weighted by molar-refractivity contribution is 5.66. The molecule has 0 aromatic heterocycles. The molecule has 1 heteroatoms. The van der Waals surface area contributed by atoms with E-state index >= 15 is 0 Å². The molecule has 0 N–H and O–H groups in total. The zero-order chi connectivity index (χ0) is 9.68. The van der Waals surface area contributed by atoms with Gasteiger partial charge in [0.1, 0.15) is 0 Å². The average Bonchev–Trinajstić information content (AvgIpc) is 2.14. The van der Waals surface area contributed by atoms with Crippen LogP contribution >= 0.6 is 0 Å². The van der Waals surface area contributed by atoms with E-state index in [1.54, 1.807) is 6.21 Å². The summed E-state index contributed by atoms with van der Waals surface area (Å²) in [5, 5.41) is 0. The molecule has 0 bridgehead atoms. The monoisotopic (exact) mass is 173 g/mol. The van der Waals surface area contributed by atoms with Crippen molar-refractivity contribution < 1.29 is 0 Å². The number of aliphatic imine (C=N–C) groups is 1. The van der Waals surface area contributed by atoms with Gasteiger partial charge in [-0.25, -0.2) is 0 Å². The molecule has 0 fully saturated rings. The molecule has 1 aromatic rings. The van der Waals surface area contributed by atoms with Crippen molar-refractivity contribution in [1.29, 1.82) is 0 Å². The third-order valence-corrected chi connectivity index (χ3v) is 1.89. The summed E-state index contributed by atoms with van der Waals surface area (Å²) in [6.45, 7) is 6.08. The molecule has 0 aliphatic heterocycles. The molecule has 0 heterocycles. The first kappa shape index (κ1) is 9.72. The van der Waals surface area contributed by atoms with Gasteiger partial charge in [-0.1, -0.05) is 29.8 Å². The van der Waals surface area contributed by atoms with Crippen LogP contribution in [0.1, 0.15) is 25.0 Å². The van der Waals surface area contributed by atoms with Gasteiger partial charge in [0.05, 0.1) is 0 Å². The van der Waals surface area contributed by atoms with Crippen molar-refractivity contribution in [2.45, 2.75) is 20.8 Å².